The number of allylic oxidation sites excluding steroid dienone is 2. The molecule has 3 unspecified atom stereocenters. The summed E-state index contributed by atoms with van der Waals surface area (Å²) in [5, 5.41) is 3.62. The number of piperidine rings is 1. The molecule has 1 aromatic carbocycles. The van der Waals surface area contributed by atoms with Crippen LogP contribution in [0, 0.1) is 5.92 Å². The summed E-state index contributed by atoms with van der Waals surface area (Å²) in [5.74, 6) is 1.17. The lowest BCUT2D eigenvalue weighted by Gasteiger charge is -2.48. The quantitative estimate of drug-likeness (QED) is 0.671. The van der Waals surface area contributed by atoms with E-state index in [-0.39, 0.29) is 11.3 Å². The number of methoxy groups -OCH3 is 1. The number of nitrogens with zero attached hydrogens (tertiary/aromatic N) is 1. The number of aldehydes is 1. The van der Waals surface area contributed by atoms with Gasteiger partial charge in [-0.3, -0.25) is 9.69 Å². The number of carbonyl (C=O) groups excluding carboxylic acids is 1. The first kappa shape index (κ1) is 14.3. The Labute approximate surface area is 142 Å². The van der Waals surface area contributed by atoms with Crippen LogP contribution in [0.15, 0.2) is 41.1 Å². The Morgan fingerprint density at radius 3 is 3.04 bits per heavy atom. The van der Waals surface area contributed by atoms with Gasteiger partial charge in [-0.1, -0.05) is 11.6 Å². The van der Waals surface area contributed by atoms with Crippen LogP contribution < -0.4 is 10.1 Å². The topological polar surface area (TPSA) is 41.6 Å². The molecule has 1 aliphatic carbocycles. The van der Waals surface area contributed by atoms with Crippen molar-refractivity contribution in [1.29, 1.82) is 0 Å². The van der Waals surface area contributed by atoms with Gasteiger partial charge in [-0.2, -0.15) is 0 Å². The largest absolute Gasteiger partial charge is 0.497 e. The van der Waals surface area contributed by atoms with E-state index in [0.717, 1.165) is 54.9 Å². The van der Waals surface area contributed by atoms with Gasteiger partial charge in [-0.25, -0.2) is 0 Å². The molecule has 3 aliphatic heterocycles. The molecule has 4 aliphatic rings. The van der Waals surface area contributed by atoms with Crippen molar-refractivity contribution in [3.63, 3.8) is 0 Å². The summed E-state index contributed by atoms with van der Waals surface area (Å²) >= 11 is 0. The van der Waals surface area contributed by atoms with Gasteiger partial charge >= 0.3 is 0 Å². The third-order valence-electron chi connectivity index (χ3n) is 6.67. The highest BCUT2D eigenvalue weighted by Gasteiger charge is 2.61. The third-order valence-corrected chi connectivity index (χ3v) is 6.67. The zero-order valence-electron chi connectivity index (χ0n) is 14.1. The van der Waals surface area contributed by atoms with E-state index in [4.69, 9.17) is 4.74 Å². The van der Waals surface area contributed by atoms with Crippen LogP contribution in [0.3, 0.4) is 0 Å². The lowest BCUT2D eigenvalue weighted by atomic mass is 9.62. The molecule has 2 bridgehead atoms. The Bertz CT molecular complexity index is 810. The average molecular weight is 322 g/mol. The van der Waals surface area contributed by atoms with Crippen molar-refractivity contribution in [1.82, 2.24) is 4.90 Å². The number of nitrogens with one attached hydrogen (secondary N) is 1. The summed E-state index contributed by atoms with van der Waals surface area (Å²) in [7, 11) is 1.71. The average Bonchev–Trinajstić information content (AvgIpc) is 3.17. The van der Waals surface area contributed by atoms with E-state index in [0.29, 0.717) is 6.04 Å². The van der Waals surface area contributed by atoms with Gasteiger partial charge in [0, 0.05) is 42.0 Å². The molecule has 2 fully saturated rings. The number of hydrogen-bond donors (Lipinski definition) is 1. The van der Waals surface area contributed by atoms with E-state index in [1.54, 1.807) is 7.11 Å². The standard InChI is InChI=1S/C20H22N2O2/c1-3-12-10-22-7-6-20-16-8-13(24-2)4-5-17(16)21-19(20)15(11-23)14(12)9-18(20)22/h3-5,8,11,14,18,21H,6-7,9-10H2,1-2H3. The molecule has 124 valence electrons. The van der Waals surface area contributed by atoms with Gasteiger partial charge in [0.1, 0.15) is 12.0 Å². The molecule has 0 amide bonds. The van der Waals surface area contributed by atoms with E-state index in [1.165, 1.54) is 11.1 Å². The number of anilines is 1. The van der Waals surface area contributed by atoms with Crippen molar-refractivity contribution in [3.05, 3.63) is 46.7 Å². The van der Waals surface area contributed by atoms with Crippen molar-refractivity contribution >= 4 is 12.0 Å². The molecule has 1 spiro atoms. The molecule has 0 aromatic heterocycles. The number of hydrogen-bond acceptors (Lipinski definition) is 4. The number of ether oxygens (including phenoxy) is 1. The summed E-state index contributed by atoms with van der Waals surface area (Å²) in [6, 6.07) is 6.75. The summed E-state index contributed by atoms with van der Waals surface area (Å²) in [5.41, 5.74) is 5.91. The van der Waals surface area contributed by atoms with Gasteiger partial charge in [0.2, 0.25) is 0 Å². The van der Waals surface area contributed by atoms with Crippen LogP contribution in [-0.4, -0.2) is 37.4 Å². The molecule has 4 nitrogen and oxygen atoms in total. The number of fused-ring (bicyclic) bond motifs is 2. The van der Waals surface area contributed by atoms with Crippen LogP contribution in [0.1, 0.15) is 25.3 Å². The van der Waals surface area contributed by atoms with Crippen molar-refractivity contribution in [3.8, 4) is 5.75 Å². The Morgan fingerprint density at radius 1 is 1.42 bits per heavy atom. The lowest BCUT2D eigenvalue weighted by molar-refractivity contribution is -0.105. The first-order chi connectivity index (χ1) is 11.7. The minimum Gasteiger partial charge on any atom is -0.497 e. The van der Waals surface area contributed by atoms with Crippen molar-refractivity contribution < 1.29 is 9.53 Å². The minimum atomic E-state index is -0.0596. The second-order valence-corrected chi connectivity index (χ2v) is 7.34. The van der Waals surface area contributed by atoms with Gasteiger partial charge < -0.3 is 10.1 Å². The fraction of sp³-hybridized carbons (Fsp3) is 0.450. The minimum absolute atomic E-state index is 0.0596. The molecule has 3 atom stereocenters. The Kier molecular flexibility index (Phi) is 2.82. The van der Waals surface area contributed by atoms with Gasteiger partial charge in [-0.15, -0.1) is 0 Å². The smallest absolute Gasteiger partial charge is 0.148 e. The van der Waals surface area contributed by atoms with Crippen molar-refractivity contribution in [2.45, 2.75) is 31.2 Å². The summed E-state index contributed by atoms with van der Waals surface area (Å²) in [6.45, 7) is 4.18. The molecule has 2 saturated heterocycles. The predicted molar refractivity (Wildman–Crippen MR) is 93.2 cm³/mol. The highest BCUT2D eigenvalue weighted by atomic mass is 16.5. The fourth-order valence-electron chi connectivity index (χ4n) is 5.59. The molecule has 1 N–H and O–H groups in total. The van der Waals surface area contributed by atoms with Gasteiger partial charge in [0.05, 0.1) is 12.5 Å². The second-order valence-electron chi connectivity index (χ2n) is 7.34. The highest BCUT2D eigenvalue weighted by molar-refractivity contribution is 5.85. The van der Waals surface area contributed by atoms with E-state index < -0.39 is 0 Å². The van der Waals surface area contributed by atoms with Crippen LogP contribution >= 0.6 is 0 Å². The summed E-state index contributed by atoms with van der Waals surface area (Å²) in [4.78, 5) is 14.7. The van der Waals surface area contributed by atoms with E-state index in [1.807, 2.05) is 6.07 Å². The SMILES string of the molecule is CC=C1CN2CCC34C(=C(C=O)C1CC23)Nc1ccc(OC)cc14. The van der Waals surface area contributed by atoms with Gasteiger partial charge in [0.25, 0.3) is 0 Å². The van der Waals surface area contributed by atoms with Crippen LogP contribution in [0.25, 0.3) is 0 Å². The fourth-order valence-corrected chi connectivity index (χ4v) is 5.59. The van der Waals surface area contributed by atoms with E-state index in [9.17, 15) is 4.79 Å². The lowest BCUT2D eigenvalue weighted by Crippen LogP contribution is -2.52. The summed E-state index contributed by atoms with van der Waals surface area (Å²) in [6.07, 6.45) is 5.43. The number of rotatable bonds is 2. The molecular weight excluding hydrogens is 300 g/mol. The molecule has 3 heterocycles. The highest BCUT2D eigenvalue weighted by Crippen LogP contribution is 2.61. The maximum atomic E-state index is 12.0. The normalized spacial score (nSPS) is 34.8. The zero-order chi connectivity index (χ0) is 16.5. The first-order valence-corrected chi connectivity index (χ1v) is 8.77. The molecule has 4 heteroatoms. The Balaban J connectivity index is 1.79. The van der Waals surface area contributed by atoms with E-state index >= 15 is 0 Å². The number of benzene rings is 1. The molecule has 1 aromatic rings. The number of carbonyl (C=O) groups is 1. The van der Waals surface area contributed by atoms with Crippen LogP contribution in [-0.2, 0) is 10.2 Å². The van der Waals surface area contributed by atoms with Crippen LogP contribution in [0.2, 0.25) is 0 Å². The molecule has 0 radical (unpaired) electrons. The van der Waals surface area contributed by atoms with Crippen LogP contribution in [0.5, 0.6) is 5.75 Å². The maximum absolute atomic E-state index is 12.0. The maximum Gasteiger partial charge on any atom is 0.148 e. The molecule has 5 rings (SSSR count). The molecule has 24 heavy (non-hydrogen) atoms. The Morgan fingerprint density at radius 2 is 2.29 bits per heavy atom. The van der Waals surface area contributed by atoms with Gasteiger partial charge in [0.15, 0.2) is 0 Å². The third kappa shape index (κ3) is 1.50. The molecular formula is C20H22N2O2. The van der Waals surface area contributed by atoms with Gasteiger partial charge in [-0.05, 0) is 43.5 Å². The van der Waals surface area contributed by atoms with Crippen molar-refractivity contribution in [2.75, 3.05) is 25.5 Å². The van der Waals surface area contributed by atoms with E-state index in [2.05, 4.69) is 35.3 Å². The van der Waals surface area contributed by atoms with Crippen LogP contribution in [0.4, 0.5) is 5.69 Å². The summed E-state index contributed by atoms with van der Waals surface area (Å²) < 4.78 is 5.48. The Hall–Kier alpha value is -2.07. The predicted octanol–water partition coefficient (Wildman–Crippen LogP) is 2.87. The van der Waals surface area contributed by atoms with Crippen molar-refractivity contribution in [2.24, 2.45) is 5.92 Å². The second kappa shape index (κ2) is 4.73. The monoisotopic (exact) mass is 322 g/mol. The zero-order valence-corrected chi connectivity index (χ0v) is 14.1. The first-order valence-electron chi connectivity index (χ1n) is 8.77. The molecule has 0 saturated carbocycles.